The van der Waals surface area contributed by atoms with Crippen molar-refractivity contribution in [3.05, 3.63) is 63.9 Å². The average Bonchev–Trinajstić information content (AvgIpc) is 3.23. The third-order valence-corrected chi connectivity index (χ3v) is 6.04. The molecule has 1 fully saturated rings. The Hall–Kier alpha value is -2.35. The van der Waals surface area contributed by atoms with E-state index in [-0.39, 0.29) is 34.7 Å². The molecular formula is C21H21Cl2FN4O2. The number of hydrogen-bond acceptors (Lipinski definition) is 4. The van der Waals surface area contributed by atoms with Gasteiger partial charge in [-0.15, -0.1) is 0 Å². The molecule has 0 saturated carbocycles. The molecule has 158 valence electrons. The Morgan fingerprint density at radius 2 is 2.13 bits per heavy atom. The molecule has 1 aliphatic heterocycles. The van der Waals surface area contributed by atoms with E-state index in [1.165, 1.54) is 18.3 Å². The van der Waals surface area contributed by atoms with E-state index in [9.17, 15) is 9.18 Å². The van der Waals surface area contributed by atoms with Crippen LogP contribution in [0.25, 0.3) is 11.3 Å². The summed E-state index contributed by atoms with van der Waals surface area (Å²) in [5.41, 5.74) is 1.91. The lowest BCUT2D eigenvalue weighted by atomic mass is 9.79. The topological polar surface area (TPSA) is 72.1 Å². The fraction of sp³-hybridized carbons (Fsp3) is 0.333. The molecule has 6 nitrogen and oxygen atoms in total. The Morgan fingerprint density at radius 1 is 1.33 bits per heavy atom. The minimum Gasteiger partial charge on any atom is -0.439 e. The first kappa shape index (κ1) is 20.9. The molecule has 1 saturated heterocycles. The molecule has 1 aromatic carbocycles. The predicted molar refractivity (Wildman–Crippen MR) is 113 cm³/mol. The molecule has 9 heteroatoms. The summed E-state index contributed by atoms with van der Waals surface area (Å²) in [6, 6.07) is 7.83. The van der Waals surface area contributed by atoms with Gasteiger partial charge in [0.1, 0.15) is 5.82 Å². The molecule has 3 atom stereocenters. The van der Waals surface area contributed by atoms with Gasteiger partial charge in [0.25, 0.3) is 5.91 Å². The highest BCUT2D eigenvalue weighted by Gasteiger charge is 2.34. The molecule has 2 unspecified atom stereocenters. The van der Waals surface area contributed by atoms with Gasteiger partial charge in [-0.3, -0.25) is 9.48 Å². The van der Waals surface area contributed by atoms with Crippen molar-refractivity contribution in [1.29, 1.82) is 0 Å². The zero-order valence-corrected chi connectivity index (χ0v) is 18.0. The molecule has 0 bridgehead atoms. The number of piperidine rings is 1. The summed E-state index contributed by atoms with van der Waals surface area (Å²) < 4.78 is 20.9. The first-order chi connectivity index (χ1) is 14.3. The molecule has 1 amide bonds. The molecule has 3 heterocycles. The fourth-order valence-corrected chi connectivity index (χ4v) is 4.62. The highest BCUT2D eigenvalue weighted by Crippen LogP contribution is 2.36. The van der Waals surface area contributed by atoms with Crippen LogP contribution in [0.4, 0.5) is 4.39 Å². The van der Waals surface area contributed by atoms with Gasteiger partial charge in [0.15, 0.2) is 5.76 Å². The zero-order chi connectivity index (χ0) is 21.4. The predicted octanol–water partition coefficient (Wildman–Crippen LogP) is 4.25. The number of benzene rings is 1. The average molecular weight is 451 g/mol. The molecule has 0 spiro atoms. The summed E-state index contributed by atoms with van der Waals surface area (Å²) in [5, 5.41) is 10.9. The van der Waals surface area contributed by atoms with Crippen molar-refractivity contribution in [3.63, 3.8) is 0 Å². The van der Waals surface area contributed by atoms with Gasteiger partial charge in [-0.2, -0.15) is 5.10 Å². The van der Waals surface area contributed by atoms with Gasteiger partial charge in [-0.25, -0.2) is 4.39 Å². The first-order valence-corrected chi connectivity index (χ1v) is 10.3. The SMILES string of the molecule is C[C@H]1CNCC(NC(=O)c2cc(-c3c(Cl)cnn3C)c(Cl)o2)C1c1cccc(F)c1. The van der Waals surface area contributed by atoms with E-state index < -0.39 is 5.91 Å². The van der Waals surface area contributed by atoms with Crippen LogP contribution in [0.2, 0.25) is 10.2 Å². The standard InChI is InChI=1S/C21H21Cl2FN4O2/c1-11-8-25-10-16(18(11)12-4-3-5-13(24)6-12)27-21(29)17-7-14(20(23)30-17)19-15(22)9-26-28(19)2/h3-7,9,11,16,18,25H,8,10H2,1-2H3,(H,27,29)/t11-,16?,18?/m0/s1. The molecule has 30 heavy (non-hydrogen) atoms. The van der Waals surface area contributed by atoms with Crippen LogP contribution < -0.4 is 10.6 Å². The molecule has 2 N–H and O–H groups in total. The molecule has 4 rings (SSSR count). The van der Waals surface area contributed by atoms with Crippen molar-refractivity contribution >= 4 is 29.1 Å². The number of aromatic nitrogens is 2. The molecule has 1 aliphatic rings. The van der Waals surface area contributed by atoms with Gasteiger partial charge >= 0.3 is 0 Å². The third kappa shape index (κ3) is 3.97. The summed E-state index contributed by atoms with van der Waals surface area (Å²) in [6.07, 6.45) is 1.50. The van der Waals surface area contributed by atoms with E-state index in [1.54, 1.807) is 23.9 Å². The number of aryl methyl sites for hydroxylation is 1. The molecule has 0 radical (unpaired) electrons. The maximum Gasteiger partial charge on any atom is 0.287 e. The van der Waals surface area contributed by atoms with Crippen molar-refractivity contribution in [3.8, 4) is 11.3 Å². The van der Waals surface area contributed by atoms with Crippen molar-refractivity contribution < 1.29 is 13.6 Å². The molecule has 3 aromatic rings. The number of nitrogens with zero attached hydrogens (tertiary/aromatic N) is 2. The Labute approximate surface area is 183 Å². The van der Waals surface area contributed by atoms with E-state index in [4.69, 9.17) is 27.6 Å². The lowest BCUT2D eigenvalue weighted by Gasteiger charge is -2.37. The quantitative estimate of drug-likeness (QED) is 0.623. The Morgan fingerprint density at radius 3 is 2.83 bits per heavy atom. The van der Waals surface area contributed by atoms with Gasteiger partial charge in [-0.05, 0) is 41.8 Å². The number of carbonyl (C=O) groups excluding carboxylic acids is 1. The highest BCUT2D eigenvalue weighted by molar-refractivity contribution is 6.35. The Bertz CT molecular complexity index is 1060. The van der Waals surface area contributed by atoms with Crippen LogP contribution in [0.1, 0.15) is 29.0 Å². The summed E-state index contributed by atoms with van der Waals surface area (Å²) in [7, 11) is 1.73. The van der Waals surface area contributed by atoms with Crippen molar-refractivity contribution in [2.45, 2.75) is 18.9 Å². The number of carbonyl (C=O) groups is 1. The second-order valence-corrected chi connectivity index (χ2v) is 8.31. The van der Waals surface area contributed by atoms with Crippen molar-refractivity contribution in [2.75, 3.05) is 13.1 Å². The van der Waals surface area contributed by atoms with Crippen molar-refractivity contribution in [2.24, 2.45) is 13.0 Å². The normalized spacial score (nSPS) is 21.6. The van der Waals surface area contributed by atoms with E-state index in [0.29, 0.717) is 22.8 Å². The second kappa shape index (κ2) is 8.41. The summed E-state index contributed by atoms with van der Waals surface area (Å²) in [6.45, 7) is 3.42. The summed E-state index contributed by atoms with van der Waals surface area (Å²) in [5.74, 6) is -0.455. The van der Waals surface area contributed by atoms with Gasteiger partial charge in [0.05, 0.1) is 22.5 Å². The van der Waals surface area contributed by atoms with Crippen LogP contribution in [0.15, 0.2) is 40.9 Å². The van der Waals surface area contributed by atoms with E-state index in [0.717, 1.165) is 12.1 Å². The maximum atomic E-state index is 13.8. The van der Waals surface area contributed by atoms with E-state index >= 15 is 0 Å². The van der Waals surface area contributed by atoms with Gasteiger partial charge in [-0.1, -0.05) is 30.7 Å². The number of furan rings is 1. The van der Waals surface area contributed by atoms with Gasteiger partial charge in [0.2, 0.25) is 5.22 Å². The van der Waals surface area contributed by atoms with Gasteiger partial charge in [0, 0.05) is 31.6 Å². The zero-order valence-electron chi connectivity index (χ0n) is 16.5. The molecular weight excluding hydrogens is 430 g/mol. The Balaban J connectivity index is 1.59. The second-order valence-electron chi connectivity index (χ2n) is 7.56. The number of rotatable bonds is 4. The summed E-state index contributed by atoms with van der Waals surface area (Å²) >= 11 is 12.4. The minimum absolute atomic E-state index is 0.0395. The molecule has 2 aromatic heterocycles. The lowest BCUT2D eigenvalue weighted by molar-refractivity contribution is 0.0887. The van der Waals surface area contributed by atoms with E-state index in [2.05, 4.69) is 22.7 Å². The monoisotopic (exact) mass is 450 g/mol. The third-order valence-electron chi connectivity index (χ3n) is 5.49. The first-order valence-electron chi connectivity index (χ1n) is 9.59. The van der Waals surface area contributed by atoms with Crippen LogP contribution >= 0.6 is 23.2 Å². The van der Waals surface area contributed by atoms with Crippen LogP contribution in [0, 0.1) is 11.7 Å². The number of nitrogens with one attached hydrogen (secondary N) is 2. The van der Waals surface area contributed by atoms with E-state index in [1.807, 2.05) is 6.07 Å². The largest absolute Gasteiger partial charge is 0.439 e. The summed E-state index contributed by atoms with van der Waals surface area (Å²) in [4.78, 5) is 12.9. The lowest BCUT2D eigenvalue weighted by Crippen LogP contribution is -2.53. The Kier molecular flexibility index (Phi) is 5.86. The fourth-order valence-electron chi connectivity index (χ4n) is 4.13. The van der Waals surface area contributed by atoms with Crippen LogP contribution in [0.3, 0.4) is 0 Å². The van der Waals surface area contributed by atoms with Gasteiger partial charge < -0.3 is 15.1 Å². The number of hydrogen-bond donors (Lipinski definition) is 2. The highest BCUT2D eigenvalue weighted by atomic mass is 35.5. The minimum atomic E-state index is -0.399. The number of amides is 1. The maximum absolute atomic E-state index is 13.8. The van der Waals surface area contributed by atoms with Crippen LogP contribution in [-0.4, -0.2) is 34.8 Å². The van der Waals surface area contributed by atoms with Crippen LogP contribution in [-0.2, 0) is 7.05 Å². The smallest absolute Gasteiger partial charge is 0.287 e. The van der Waals surface area contributed by atoms with Crippen LogP contribution in [0.5, 0.6) is 0 Å². The number of halogens is 3. The molecule has 0 aliphatic carbocycles. The van der Waals surface area contributed by atoms with Crippen molar-refractivity contribution in [1.82, 2.24) is 20.4 Å².